The predicted molar refractivity (Wildman–Crippen MR) is 97.0 cm³/mol. The van der Waals surface area contributed by atoms with Crippen LogP contribution in [-0.4, -0.2) is 28.4 Å². The summed E-state index contributed by atoms with van der Waals surface area (Å²) in [6.45, 7) is 7.13. The van der Waals surface area contributed by atoms with E-state index in [1.807, 2.05) is 37.3 Å². The van der Waals surface area contributed by atoms with E-state index in [0.29, 0.717) is 11.7 Å². The van der Waals surface area contributed by atoms with E-state index in [4.69, 9.17) is 0 Å². The number of amides is 1. The number of rotatable bonds is 8. The van der Waals surface area contributed by atoms with Gasteiger partial charge in [-0.1, -0.05) is 67.3 Å². The maximum Gasteiger partial charge on any atom is 0.230 e. The molecule has 0 saturated heterocycles. The van der Waals surface area contributed by atoms with Crippen LogP contribution in [-0.2, 0) is 4.79 Å². The third-order valence-corrected chi connectivity index (χ3v) is 5.09. The van der Waals surface area contributed by atoms with Crippen LogP contribution in [0.4, 0.5) is 5.13 Å². The van der Waals surface area contributed by atoms with E-state index in [-0.39, 0.29) is 11.9 Å². The molecule has 0 aliphatic rings. The molecular formula is C16H22N4OS2. The van der Waals surface area contributed by atoms with Crippen LogP contribution < -0.4 is 10.6 Å². The van der Waals surface area contributed by atoms with Gasteiger partial charge in [0.15, 0.2) is 4.34 Å². The lowest BCUT2D eigenvalue weighted by Crippen LogP contribution is -2.28. The van der Waals surface area contributed by atoms with Crippen LogP contribution in [0.2, 0.25) is 0 Å². The van der Waals surface area contributed by atoms with Gasteiger partial charge in [0.2, 0.25) is 11.0 Å². The molecule has 1 aromatic heterocycles. The lowest BCUT2D eigenvalue weighted by atomic mass is 10.1. The van der Waals surface area contributed by atoms with Gasteiger partial charge in [0.1, 0.15) is 0 Å². The van der Waals surface area contributed by atoms with E-state index in [1.165, 1.54) is 23.1 Å². The van der Waals surface area contributed by atoms with Crippen molar-refractivity contribution >= 4 is 34.1 Å². The zero-order chi connectivity index (χ0) is 16.7. The number of nitrogens with zero attached hydrogens (tertiary/aromatic N) is 2. The molecule has 1 amide bonds. The lowest BCUT2D eigenvalue weighted by Gasteiger charge is -2.13. The Morgan fingerprint density at radius 2 is 1.96 bits per heavy atom. The van der Waals surface area contributed by atoms with Gasteiger partial charge in [0.05, 0.1) is 11.8 Å². The van der Waals surface area contributed by atoms with Crippen molar-refractivity contribution < 1.29 is 4.79 Å². The molecule has 7 heteroatoms. The van der Waals surface area contributed by atoms with E-state index in [0.717, 1.165) is 21.6 Å². The first-order valence-corrected chi connectivity index (χ1v) is 9.39. The molecule has 0 aliphatic heterocycles. The molecule has 124 valence electrons. The van der Waals surface area contributed by atoms with Gasteiger partial charge in [-0.05, 0) is 18.4 Å². The number of carbonyl (C=O) groups excluding carboxylic acids is 1. The quantitative estimate of drug-likeness (QED) is 0.712. The number of hydrogen-bond acceptors (Lipinski definition) is 6. The van der Waals surface area contributed by atoms with Gasteiger partial charge in [0.25, 0.3) is 0 Å². The zero-order valence-corrected chi connectivity index (χ0v) is 15.2. The van der Waals surface area contributed by atoms with E-state index >= 15 is 0 Å². The smallest absolute Gasteiger partial charge is 0.230 e. The molecule has 0 unspecified atom stereocenters. The normalized spacial score (nSPS) is 12.2. The summed E-state index contributed by atoms with van der Waals surface area (Å²) in [5.41, 5.74) is 1.10. The minimum Gasteiger partial charge on any atom is -0.360 e. The molecule has 0 bridgehead atoms. The minimum atomic E-state index is -0.00163. The van der Waals surface area contributed by atoms with Crippen molar-refractivity contribution in [2.75, 3.05) is 17.6 Å². The summed E-state index contributed by atoms with van der Waals surface area (Å²) in [5.74, 6) is 0.897. The molecule has 0 fully saturated rings. The molecule has 0 saturated carbocycles. The maximum atomic E-state index is 12.0. The number of anilines is 1. The molecule has 23 heavy (non-hydrogen) atoms. The molecule has 0 radical (unpaired) electrons. The topological polar surface area (TPSA) is 66.9 Å². The van der Waals surface area contributed by atoms with Crippen molar-refractivity contribution in [2.24, 2.45) is 5.92 Å². The second kappa shape index (κ2) is 8.88. The van der Waals surface area contributed by atoms with E-state index in [2.05, 4.69) is 34.7 Å². The zero-order valence-electron chi connectivity index (χ0n) is 13.6. The Morgan fingerprint density at radius 1 is 1.22 bits per heavy atom. The Bertz CT molecular complexity index is 616. The number of carbonyl (C=O) groups is 1. The predicted octanol–water partition coefficient (Wildman–Crippen LogP) is 3.58. The molecular weight excluding hydrogens is 328 g/mol. The highest BCUT2D eigenvalue weighted by molar-refractivity contribution is 8.01. The van der Waals surface area contributed by atoms with Crippen molar-refractivity contribution in [3.63, 3.8) is 0 Å². The van der Waals surface area contributed by atoms with Crippen molar-refractivity contribution in [3.8, 4) is 0 Å². The molecule has 1 heterocycles. The standard InChI is InChI=1S/C16H22N4OS2/c1-11(2)9-17-15-19-20-16(23-15)22-10-14(21)18-12(3)13-7-5-4-6-8-13/h4-8,11-12H,9-10H2,1-3H3,(H,17,19)(H,18,21)/t12-/m0/s1. The van der Waals surface area contributed by atoms with E-state index < -0.39 is 0 Å². The second-order valence-electron chi connectivity index (χ2n) is 5.64. The van der Waals surface area contributed by atoms with Crippen molar-refractivity contribution in [1.29, 1.82) is 0 Å². The summed E-state index contributed by atoms with van der Waals surface area (Å²) >= 11 is 2.90. The average Bonchev–Trinajstić information content (AvgIpc) is 3.00. The third kappa shape index (κ3) is 6.19. The van der Waals surface area contributed by atoms with E-state index in [9.17, 15) is 4.79 Å². The first-order valence-electron chi connectivity index (χ1n) is 7.59. The molecule has 0 spiro atoms. The molecule has 1 aromatic carbocycles. The fourth-order valence-corrected chi connectivity index (χ4v) is 3.44. The monoisotopic (exact) mass is 350 g/mol. The van der Waals surface area contributed by atoms with Crippen molar-refractivity contribution in [1.82, 2.24) is 15.5 Å². The van der Waals surface area contributed by atoms with Gasteiger partial charge >= 0.3 is 0 Å². The highest BCUT2D eigenvalue weighted by Crippen LogP contribution is 2.25. The van der Waals surface area contributed by atoms with Gasteiger partial charge in [-0.2, -0.15) is 0 Å². The van der Waals surface area contributed by atoms with Gasteiger partial charge in [-0.25, -0.2) is 0 Å². The van der Waals surface area contributed by atoms with Crippen molar-refractivity contribution in [2.45, 2.75) is 31.2 Å². The minimum absolute atomic E-state index is 0.00163. The Labute approximate surface area is 145 Å². The van der Waals surface area contributed by atoms with Gasteiger partial charge in [-0.3, -0.25) is 4.79 Å². The van der Waals surface area contributed by atoms with Crippen molar-refractivity contribution in [3.05, 3.63) is 35.9 Å². The van der Waals surface area contributed by atoms with Gasteiger partial charge in [-0.15, -0.1) is 10.2 Å². The number of benzene rings is 1. The molecule has 2 rings (SSSR count). The van der Waals surface area contributed by atoms with Crippen LogP contribution >= 0.6 is 23.1 Å². The number of aromatic nitrogens is 2. The van der Waals surface area contributed by atoms with Crippen LogP contribution in [0.1, 0.15) is 32.4 Å². The van der Waals surface area contributed by atoms with Crippen LogP contribution in [0.5, 0.6) is 0 Å². The third-order valence-electron chi connectivity index (χ3n) is 3.07. The maximum absolute atomic E-state index is 12.0. The average molecular weight is 351 g/mol. The summed E-state index contributed by atoms with van der Waals surface area (Å²) in [7, 11) is 0. The molecule has 2 aromatic rings. The first kappa shape index (κ1) is 17.7. The van der Waals surface area contributed by atoms with Crippen LogP contribution in [0.25, 0.3) is 0 Å². The second-order valence-corrected chi connectivity index (χ2v) is 7.84. The number of nitrogens with one attached hydrogen (secondary N) is 2. The summed E-state index contributed by atoms with van der Waals surface area (Å²) in [4.78, 5) is 12.0. The summed E-state index contributed by atoms with van der Waals surface area (Å²) < 4.78 is 0.804. The molecule has 2 N–H and O–H groups in total. The van der Waals surface area contributed by atoms with E-state index in [1.54, 1.807) is 0 Å². The number of thioether (sulfide) groups is 1. The fraction of sp³-hybridized carbons (Fsp3) is 0.438. The molecule has 5 nitrogen and oxygen atoms in total. The Kier molecular flexibility index (Phi) is 6.85. The fourth-order valence-electron chi connectivity index (χ4n) is 1.87. The molecule has 1 atom stereocenters. The Hall–Kier alpha value is -1.60. The highest BCUT2D eigenvalue weighted by atomic mass is 32.2. The van der Waals surface area contributed by atoms with Gasteiger partial charge in [0, 0.05) is 6.54 Å². The first-order chi connectivity index (χ1) is 11.0. The highest BCUT2D eigenvalue weighted by Gasteiger charge is 2.11. The van der Waals surface area contributed by atoms with Crippen LogP contribution in [0.15, 0.2) is 34.7 Å². The lowest BCUT2D eigenvalue weighted by molar-refractivity contribution is -0.119. The van der Waals surface area contributed by atoms with Gasteiger partial charge < -0.3 is 10.6 Å². The summed E-state index contributed by atoms with van der Waals surface area (Å²) in [6.07, 6.45) is 0. The molecule has 0 aliphatic carbocycles. The number of hydrogen-bond donors (Lipinski definition) is 2. The SMILES string of the molecule is CC(C)CNc1nnc(SCC(=O)N[C@@H](C)c2ccccc2)s1. The summed E-state index contributed by atoms with van der Waals surface area (Å²) in [6, 6.07) is 9.93. The van der Waals surface area contributed by atoms with Crippen LogP contribution in [0, 0.1) is 5.92 Å². The summed E-state index contributed by atoms with van der Waals surface area (Å²) in [5, 5.41) is 15.2. The largest absolute Gasteiger partial charge is 0.360 e. The Balaban J connectivity index is 1.76. The Morgan fingerprint density at radius 3 is 2.65 bits per heavy atom. The van der Waals surface area contributed by atoms with Crippen LogP contribution in [0.3, 0.4) is 0 Å².